The van der Waals surface area contributed by atoms with E-state index in [0.717, 1.165) is 36.6 Å². The highest BCUT2D eigenvalue weighted by Gasteiger charge is 2.16. The van der Waals surface area contributed by atoms with Crippen molar-refractivity contribution in [2.24, 2.45) is 0 Å². The van der Waals surface area contributed by atoms with Crippen molar-refractivity contribution in [1.29, 1.82) is 0 Å². The zero-order valence-electron chi connectivity index (χ0n) is 10.7. The molecule has 2 aromatic heterocycles. The van der Waals surface area contributed by atoms with Crippen LogP contribution in [0.25, 0.3) is 0 Å². The number of aromatic nitrogens is 5. The average Bonchev–Trinajstić information content (AvgIpc) is 3.04. The van der Waals surface area contributed by atoms with Crippen LogP contribution in [-0.4, -0.2) is 30.9 Å². The van der Waals surface area contributed by atoms with Crippen LogP contribution in [-0.2, 0) is 13.0 Å². The summed E-state index contributed by atoms with van der Waals surface area (Å²) in [6.07, 6.45) is 5.35. The predicted octanol–water partition coefficient (Wildman–Crippen LogP) is 1.43. The minimum atomic E-state index is 0.222. The third kappa shape index (κ3) is 3.11. The molecule has 0 aliphatic carbocycles. The van der Waals surface area contributed by atoms with Crippen LogP contribution < -0.4 is 5.32 Å². The molecule has 2 rings (SSSR count). The van der Waals surface area contributed by atoms with Gasteiger partial charge in [0.05, 0.1) is 17.1 Å². The van der Waals surface area contributed by atoms with Gasteiger partial charge < -0.3 is 5.32 Å². The van der Waals surface area contributed by atoms with Gasteiger partial charge in [0.1, 0.15) is 12.2 Å². The van der Waals surface area contributed by atoms with Gasteiger partial charge in [-0.1, -0.05) is 11.4 Å². The van der Waals surface area contributed by atoms with Crippen molar-refractivity contribution in [3.63, 3.8) is 0 Å². The SMILES string of the molecule is CCCNC(Cc1ncnn1CC)c1cnns1. The number of nitrogens with zero attached hydrogens (tertiary/aromatic N) is 5. The average molecular weight is 266 g/mol. The molecular weight excluding hydrogens is 248 g/mol. The van der Waals surface area contributed by atoms with Gasteiger partial charge in [-0.25, -0.2) is 4.98 Å². The Balaban J connectivity index is 2.10. The number of rotatable bonds is 7. The Morgan fingerprint density at radius 1 is 1.44 bits per heavy atom. The quantitative estimate of drug-likeness (QED) is 0.821. The van der Waals surface area contributed by atoms with Crippen molar-refractivity contribution in [3.8, 4) is 0 Å². The second-order valence-corrected chi connectivity index (χ2v) is 4.84. The largest absolute Gasteiger partial charge is 0.309 e. The minimum Gasteiger partial charge on any atom is -0.309 e. The molecule has 0 aromatic carbocycles. The summed E-state index contributed by atoms with van der Waals surface area (Å²) >= 11 is 1.44. The van der Waals surface area contributed by atoms with Gasteiger partial charge in [0, 0.05) is 13.0 Å². The van der Waals surface area contributed by atoms with Crippen molar-refractivity contribution in [2.75, 3.05) is 6.54 Å². The van der Waals surface area contributed by atoms with Gasteiger partial charge in [-0.15, -0.1) is 5.10 Å². The Morgan fingerprint density at radius 3 is 3.00 bits per heavy atom. The molecule has 0 amide bonds. The molecule has 0 radical (unpaired) electrons. The molecule has 0 saturated heterocycles. The molecule has 0 fully saturated rings. The van der Waals surface area contributed by atoms with Crippen LogP contribution in [0.4, 0.5) is 0 Å². The van der Waals surface area contributed by atoms with Gasteiger partial charge in [0.2, 0.25) is 0 Å². The first-order chi connectivity index (χ1) is 8.85. The molecule has 18 heavy (non-hydrogen) atoms. The monoisotopic (exact) mass is 266 g/mol. The fraction of sp³-hybridized carbons (Fsp3) is 0.636. The van der Waals surface area contributed by atoms with Crippen LogP contribution in [0.2, 0.25) is 0 Å². The molecule has 98 valence electrons. The Morgan fingerprint density at radius 2 is 2.33 bits per heavy atom. The first-order valence-corrected chi connectivity index (χ1v) is 6.99. The zero-order chi connectivity index (χ0) is 12.8. The van der Waals surface area contributed by atoms with E-state index < -0.39 is 0 Å². The lowest BCUT2D eigenvalue weighted by Gasteiger charge is -2.15. The molecule has 0 saturated carbocycles. The predicted molar refractivity (Wildman–Crippen MR) is 70.3 cm³/mol. The van der Waals surface area contributed by atoms with E-state index >= 15 is 0 Å². The lowest BCUT2D eigenvalue weighted by molar-refractivity contribution is 0.502. The molecule has 1 N–H and O–H groups in total. The Labute approximate surface area is 111 Å². The van der Waals surface area contributed by atoms with E-state index in [1.54, 1.807) is 6.33 Å². The van der Waals surface area contributed by atoms with E-state index in [9.17, 15) is 0 Å². The maximum atomic E-state index is 4.32. The summed E-state index contributed by atoms with van der Waals surface area (Å²) < 4.78 is 5.86. The summed E-state index contributed by atoms with van der Waals surface area (Å²) in [5.41, 5.74) is 0. The summed E-state index contributed by atoms with van der Waals surface area (Å²) in [5.74, 6) is 1.000. The molecule has 1 unspecified atom stereocenters. The highest BCUT2D eigenvalue weighted by Crippen LogP contribution is 2.19. The summed E-state index contributed by atoms with van der Waals surface area (Å²) in [5, 5.41) is 11.6. The van der Waals surface area contributed by atoms with Gasteiger partial charge in [-0.3, -0.25) is 4.68 Å². The molecule has 2 heterocycles. The second kappa shape index (κ2) is 6.55. The lowest BCUT2D eigenvalue weighted by atomic mass is 10.1. The van der Waals surface area contributed by atoms with Gasteiger partial charge in [-0.2, -0.15) is 5.10 Å². The number of aryl methyl sites for hydroxylation is 1. The van der Waals surface area contributed by atoms with Crippen molar-refractivity contribution in [3.05, 3.63) is 23.2 Å². The topological polar surface area (TPSA) is 68.5 Å². The van der Waals surface area contributed by atoms with Crippen LogP contribution >= 0.6 is 11.5 Å². The molecule has 2 aromatic rings. The van der Waals surface area contributed by atoms with Gasteiger partial charge in [0.25, 0.3) is 0 Å². The highest BCUT2D eigenvalue weighted by atomic mass is 32.1. The molecule has 7 heteroatoms. The zero-order valence-corrected chi connectivity index (χ0v) is 11.5. The van der Waals surface area contributed by atoms with Gasteiger partial charge >= 0.3 is 0 Å². The standard InChI is InChI=1S/C11H18N6S/c1-3-5-12-9(10-7-14-16-18-10)6-11-13-8-15-17(11)4-2/h7-9,12H,3-6H2,1-2H3. The first kappa shape index (κ1) is 13.1. The van der Waals surface area contributed by atoms with E-state index in [1.165, 1.54) is 11.5 Å². The third-order valence-electron chi connectivity index (χ3n) is 2.74. The second-order valence-electron chi connectivity index (χ2n) is 4.02. The molecule has 0 bridgehead atoms. The van der Waals surface area contributed by atoms with Crippen molar-refractivity contribution in [2.45, 2.75) is 39.3 Å². The summed E-state index contributed by atoms with van der Waals surface area (Å²) in [4.78, 5) is 5.47. The number of nitrogens with one attached hydrogen (secondary N) is 1. The van der Waals surface area contributed by atoms with Crippen LogP contribution in [0.5, 0.6) is 0 Å². The Kier molecular flexibility index (Phi) is 4.77. The van der Waals surface area contributed by atoms with Gasteiger partial charge in [0.15, 0.2) is 0 Å². The maximum absolute atomic E-state index is 4.32. The maximum Gasteiger partial charge on any atom is 0.138 e. The van der Waals surface area contributed by atoms with E-state index in [0.29, 0.717) is 0 Å². The lowest BCUT2D eigenvalue weighted by Crippen LogP contribution is -2.24. The fourth-order valence-electron chi connectivity index (χ4n) is 1.81. The molecule has 6 nitrogen and oxygen atoms in total. The van der Waals surface area contributed by atoms with Crippen LogP contribution in [0, 0.1) is 0 Å². The minimum absolute atomic E-state index is 0.222. The number of hydrogen-bond acceptors (Lipinski definition) is 6. The summed E-state index contributed by atoms with van der Waals surface area (Å²) in [6.45, 7) is 6.05. The summed E-state index contributed by atoms with van der Waals surface area (Å²) in [6, 6.07) is 0.222. The normalized spacial score (nSPS) is 12.8. The smallest absolute Gasteiger partial charge is 0.138 e. The van der Waals surface area contributed by atoms with Crippen LogP contribution in [0.3, 0.4) is 0 Å². The van der Waals surface area contributed by atoms with Crippen LogP contribution in [0.15, 0.2) is 12.5 Å². The fourth-order valence-corrected chi connectivity index (χ4v) is 2.39. The van der Waals surface area contributed by atoms with E-state index in [4.69, 9.17) is 0 Å². The molecule has 0 spiro atoms. The third-order valence-corrected chi connectivity index (χ3v) is 3.52. The molecule has 1 atom stereocenters. The van der Waals surface area contributed by atoms with E-state index in [1.807, 2.05) is 10.9 Å². The Bertz CT molecular complexity index is 452. The molecular formula is C11H18N6S. The molecule has 0 aliphatic heterocycles. The van der Waals surface area contributed by atoms with E-state index in [2.05, 4.69) is 38.8 Å². The highest BCUT2D eigenvalue weighted by molar-refractivity contribution is 7.05. The van der Waals surface area contributed by atoms with Crippen molar-refractivity contribution in [1.82, 2.24) is 29.7 Å². The Hall–Kier alpha value is -1.34. The summed E-state index contributed by atoms with van der Waals surface area (Å²) in [7, 11) is 0. The van der Waals surface area contributed by atoms with Gasteiger partial charge in [-0.05, 0) is 31.4 Å². The van der Waals surface area contributed by atoms with Crippen molar-refractivity contribution < 1.29 is 0 Å². The molecule has 0 aliphatic rings. The van der Waals surface area contributed by atoms with E-state index in [-0.39, 0.29) is 6.04 Å². The van der Waals surface area contributed by atoms with Crippen molar-refractivity contribution >= 4 is 11.5 Å². The first-order valence-electron chi connectivity index (χ1n) is 6.22. The van der Waals surface area contributed by atoms with Crippen LogP contribution in [0.1, 0.15) is 37.0 Å². The number of hydrogen-bond donors (Lipinski definition) is 1.